The van der Waals surface area contributed by atoms with Crippen molar-refractivity contribution >= 4 is 12.0 Å². The number of aliphatic hydroxyl groups excluding tert-OH is 1. The summed E-state index contributed by atoms with van der Waals surface area (Å²) in [5.41, 5.74) is 0.268. The smallest absolute Gasteiger partial charge is 0.408 e. The first-order valence-electron chi connectivity index (χ1n) is 6.74. The Bertz CT molecular complexity index is 468. The molecule has 0 bridgehead atoms. The van der Waals surface area contributed by atoms with Gasteiger partial charge in [-0.15, -0.1) is 0 Å². The molecular weight excluding hydrogens is 272 g/mol. The minimum absolute atomic E-state index is 0.326. The number of hydrogen-bond acceptors (Lipinski definition) is 4. The Morgan fingerprint density at radius 2 is 1.86 bits per heavy atom. The van der Waals surface area contributed by atoms with E-state index in [0.717, 1.165) is 5.56 Å². The van der Waals surface area contributed by atoms with Gasteiger partial charge in [0, 0.05) is 6.54 Å². The maximum atomic E-state index is 11.9. The molecule has 0 radical (unpaired) electrons. The third kappa shape index (κ3) is 6.76. The number of hydrogen-bond donors (Lipinski definition) is 3. The highest BCUT2D eigenvalue weighted by atomic mass is 16.6. The summed E-state index contributed by atoms with van der Waals surface area (Å²) in [6.07, 6.45) is -0.739. The fourth-order valence-corrected chi connectivity index (χ4v) is 1.55. The van der Waals surface area contributed by atoms with Gasteiger partial charge < -0.3 is 20.5 Å². The first-order valence-corrected chi connectivity index (χ1v) is 6.74. The zero-order valence-electron chi connectivity index (χ0n) is 12.6. The Morgan fingerprint density at radius 1 is 1.24 bits per heavy atom. The van der Waals surface area contributed by atoms with E-state index in [-0.39, 0.29) is 0 Å². The molecule has 0 aliphatic carbocycles. The predicted molar refractivity (Wildman–Crippen MR) is 78.5 cm³/mol. The van der Waals surface area contributed by atoms with E-state index >= 15 is 0 Å². The summed E-state index contributed by atoms with van der Waals surface area (Å²) in [6.45, 7) is 4.98. The van der Waals surface area contributed by atoms with Gasteiger partial charge in [-0.2, -0.15) is 0 Å². The van der Waals surface area contributed by atoms with Gasteiger partial charge in [-0.3, -0.25) is 4.79 Å². The van der Waals surface area contributed by atoms with Crippen LogP contribution >= 0.6 is 0 Å². The van der Waals surface area contributed by atoms with Crippen LogP contribution in [0.2, 0.25) is 0 Å². The topological polar surface area (TPSA) is 87.7 Å². The summed E-state index contributed by atoms with van der Waals surface area (Å²) in [4.78, 5) is 23.5. The van der Waals surface area contributed by atoms with E-state index < -0.39 is 30.3 Å². The van der Waals surface area contributed by atoms with Gasteiger partial charge in [0.1, 0.15) is 11.6 Å². The highest BCUT2D eigenvalue weighted by molar-refractivity contribution is 5.85. The monoisotopic (exact) mass is 294 g/mol. The molecule has 0 aliphatic rings. The van der Waals surface area contributed by atoms with Gasteiger partial charge in [0.2, 0.25) is 5.91 Å². The van der Waals surface area contributed by atoms with Gasteiger partial charge in [0.25, 0.3) is 0 Å². The largest absolute Gasteiger partial charge is 0.444 e. The van der Waals surface area contributed by atoms with Crippen LogP contribution in [0, 0.1) is 0 Å². The Labute approximate surface area is 124 Å². The van der Waals surface area contributed by atoms with Crippen molar-refractivity contribution in [3.8, 4) is 0 Å². The molecule has 3 N–H and O–H groups in total. The molecule has 21 heavy (non-hydrogen) atoms. The third-order valence-corrected chi connectivity index (χ3v) is 2.50. The van der Waals surface area contributed by atoms with Crippen molar-refractivity contribution < 1.29 is 19.4 Å². The minimum atomic E-state index is -1.04. The fourth-order valence-electron chi connectivity index (χ4n) is 1.55. The summed E-state index contributed by atoms with van der Waals surface area (Å²) in [6, 6.07) is 8.31. The van der Waals surface area contributed by atoms with Gasteiger partial charge >= 0.3 is 6.09 Å². The second kappa shape index (κ2) is 7.64. The summed E-state index contributed by atoms with van der Waals surface area (Å²) < 4.78 is 5.04. The molecular formula is C15H22N2O4. The molecule has 1 aromatic rings. The van der Waals surface area contributed by atoms with Crippen molar-refractivity contribution in [3.05, 3.63) is 35.9 Å². The molecule has 0 heterocycles. The van der Waals surface area contributed by atoms with Gasteiger partial charge in [-0.05, 0) is 26.3 Å². The standard InChI is InChI=1S/C15H22N2O4/c1-15(2,3)21-14(20)17-12(10-18)13(19)16-9-11-7-5-4-6-8-11/h4-8,12,18H,9-10H2,1-3H3,(H,16,19)(H,17,20). The van der Waals surface area contributed by atoms with Crippen LogP contribution in [0.1, 0.15) is 26.3 Å². The van der Waals surface area contributed by atoms with Crippen molar-refractivity contribution in [2.75, 3.05) is 6.61 Å². The summed E-state index contributed by atoms with van der Waals surface area (Å²) in [5.74, 6) is -0.466. The Morgan fingerprint density at radius 3 is 2.38 bits per heavy atom. The predicted octanol–water partition coefficient (Wildman–Crippen LogP) is 1.19. The van der Waals surface area contributed by atoms with Crippen molar-refractivity contribution in [2.45, 2.75) is 39.0 Å². The van der Waals surface area contributed by atoms with Crippen molar-refractivity contribution in [2.24, 2.45) is 0 Å². The molecule has 0 saturated heterocycles. The van der Waals surface area contributed by atoms with E-state index in [1.165, 1.54) is 0 Å². The highest BCUT2D eigenvalue weighted by Gasteiger charge is 2.23. The first-order chi connectivity index (χ1) is 9.81. The zero-order chi connectivity index (χ0) is 15.9. The van der Waals surface area contributed by atoms with Crippen LogP contribution in [0.3, 0.4) is 0 Å². The van der Waals surface area contributed by atoms with Gasteiger partial charge in [-0.1, -0.05) is 30.3 Å². The van der Waals surface area contributed by atoms with Crippen LogP contribution in [0.25, 0.3) is 0 Å². The molecule has 2 amide bonds. The minimum Gasteiger partial charge on any atom is -0.444 e. The summed E-state index contributed by atoms with van der Waals surface area (Å²) in [5, 5.41) is 14.2. The number of carbonyl (C=O) groups excluding carboxylic acids is 2. The first kappa shape index (κ1) is 17.0. The van der Waals surface area contributed by atoms with E-state index in [4.69, 9.17) is 4.74 Å². The highest BCUT2D eigenvalue weighted by Crippen LogP contribution is 2.06. The number of aliphatic hydroxyl groups is 1. The molecule has 1 aromatic carbocycles. The van der Waals surface area contributed by atoms with Gasteiger partial charge in [-0.25, -0.2) is 4.79 Å². The second-order valence-corrected chi connectivity index (χ2v) is 5.58. The molecule has 0 saturated carbocycles. The molecule has 1 rings (SSSR count). The molecule has 6 heteroatoms. The number of alkyl carbamates (subject to hydrolysis) is 1. The Balaban J connectivity index is 2.48. The van der Waals surface area contributed by atoms with Crippen LogP contribution in [-0.4, -0.2) is 35.4 Å². The molecule has 0 aromatic heterocycles. The van der Waals surface area contributed by atoms with Gasteiger partial charge in [0.15, 0.2) is 0 Å². The van der Waals surface area contributed by atoms with E-state index in [9.17, 15) is 14.7 Å². The Kier molecular flexibility index (Phi) is 6.17. The van der Waals surface area contributed by atoms with E-state index in [1.807, 2.05) is 30.3 Å². The van der Waals surface area contributed by atoms with Crippen molar-refractivity contribution in [3.63, 3.8) is 0 Å². The Hall–Kier alpha value is -2.08. The number of benzene rings is 1. The number of nitrogens with one attached hydrogen (secondary N) is 2. The lowest BCUT2D eigenvalue weighted by atomic mass is 10.2. The lowest BCUT2D eigenvalue weighted by molar-refractivity contribution is -0.124. The van der Waals surface area contributed by atoms with Crippen LogP contribution < -0.4 is 10.6 Å². The third-order valence-electron chi connectivity index (χ3n) is 2.50. The molecule has 0 fully saturated rings. The molecule has 6 nitrogen and oxygen atoms in total. The van der Waals surface area contributed by atoms with Crippen LogP contribution in [0.15, 0.2) is 30.3 Å². The normalized spacial score (nSPS) is 12.4. The fraction of sp³-hybridized carbons (Fsp3) is 0.467. The van der Waals surface area contributed by atoms with E-state index in [2.05, 4.69) is 10.6 Å². The molecule has 116 valence electrons. The lowest BCUT2D eigenvalue weighted by Crippen LogP contribution is -2.49. The number of amides is 2. The van der Waals surface area contributed by atoms with Gasteiger partial charge in [0.05, 0.1) is 6.61 Å². The zero-order valence-corrected chi connectivity index (χ0v) is 12.6. The average molecular weight is 294 g/mol. The van der Waals surface area contributed by atoms with Crippen LogP contribution in [0.4, 0.5) is 4.79 Å². The van der Waals surface area contributed by atoms with Crippen molar-refractivity contribution in [1.29, 1.82) is 0 Å². The maximum absolute atomic E-state index is 11.9. The van der Waals surface area contributed by atoms with Crippen molar-refractivity contribution in [1.82, 2.24) is 10.6 Å². The number of carbonyl (C=O) groups is 2. The molecule has 1 unspecified atom stereocenters. The lowest BCUT2D eigenvalue weighted by Gasteiger charge is -2.22. The van der Waals surface area contributed by atoms with E-state index in [1.54, 1.807) is 20.8 Å². The number of ether oxygens (including phenoxy) is 1. The van der Waals surface area contributed by atoms with E-state index in [0.29, 0.717) is 6.54 Å². The summed E-state index contributed by atoms with van der Waals surface area (Å²) in [7, 11) is 0. The average Bonchev–Trinajstić information content (AvgIpc) is 2.41. The number of rotatable bonds is 5. The van der Waals surface area contributed by atoms with Crippen LogP contribution in [0.5, 0.6) is 0 Å². The second-order valence-electron chi connectivity index (χ2n) is 5.58. The molecule has 0 aliphatic heterocycles. The van der Waals surface area contributed by atoms with Crippen LogP contribution in [-0.2, 0) is 16.1 Å². The maximum Gasteiger partial charge on any atom is 0.408 e. The molecule has 0 spiro atoms. The molecule has 1 atom stereocenters. The SMILES string of the molecule is CC(C)(C)OC(=O)NC(CO)C(=O)NCc1ccccc1. The summed E-state index contributed by atoms with van der Waals surface area (Å²) >= 11 is 0. The quantitative estimate of drug-likeness (QED) is 0.761.